The Morgan fingerprint density at radius 3 is 0.468 bits per heavy atom. The Morgan fingerprint density at radius 2 is 0.364 bits per heavy atom. The van der Waals surface area contributed by atoms with E-state index in [1.165, 1.54) is 0 Å². The Hall–Kier alpha value is -3.13. The predicted molar refractivity (Wildman–Crippen MR) is 182 cm³/mol. The van der Waals surface area contributed by atoms with Crippen molar-refractivity contribution in [3.05, 3.63) is 21.0 Å². The van der Waals surface area contributed by atoms with Crippen LogP contribution in [0.4, 0.5) is 158 Å². The van der Waals surface area contributed by atoms with Gasteiger partial charge in [-0.1, -0.05) is 0 Å². The molecule has 0 atom stereocenters. The second-order valence-corrected chi connectivity index (χ2v) is 16.3. The van der Waals surface area contributed by atoms with E-state index in [1.54, 1.807) is 0 Å². The Morgan fingerprint density at radius 1 is 0.247 bits per heavy atom. The second-order valence-electron chi connectivity index (χ2n) is 14.8. The van der Waals surface area contributed by atoms with Crippen molar-refractivity contribution in [3.8, 4) is 0 Å². The topological polar surface area (TPSA) is 53.9 Å². The molecule has 2 aromatic rings. The number of rotatable bonds is 20. The van der Waals surface area contributed by atoms with Gasteiger partial charge in [0, 0.05) is 68.4 Å². The van der Waals surface area contributed by atoms with Crippen LogP contribution in [-0.2, 0) is 93.2 Å². The van der Waals surface area contributed by atoms with E-state index in [-0.39, 0.29) is 34.8 Å². The Balaban J connectivity index is 0.00000148. The molecule has 77 heavy (non-hydrogen) atoms. The van der Waals surface area contributed by atoms with E-state index in [4.69, 9.17) is 0 Å². The molecule has 0 amide bonds. The summed E-state index contributed by atoms with van der Waals surface area (Å²) in [6, 6.07) is 0. The molecule has 0 saturated heterocycles. The van der Waals surface area contributed by atoms with Crippen molar-refractivity contribution in [1.82, 2.24) is 18.3 Å². The normalized spacial score (nSPS) is 15.1. The Kier molecular flexibility index (Phi) is 21.1. The quantitative estimate of drug-likeness (QED) is 0.0748. The number of imidazole rings is 2. The fraction of sp³-hybridized carbons (Fsp3) is 0.800. The van der Waals surface area contributed by atoms with E-state index in [1.807, 2.05) is 0 Å². The number of hydrogen-bond donors (Lipinski definition) is 0. The van der Waals surface area contributed by atoms with Crippen molar-refractivity contribution in [1.29, 1.82) is 0 Å². The van der Waals surface area contributed by atoms with E-state index < -0.39 is 179 Å². The number of alkyl halides is 36. The monoisotopic (exact) mass is 1330 g/mol. The van der Waals surface area contributed by atoms with Crippen molar-refractivity contribution in [2.24, 2.45) is 0 Å². The molecule has 47 heteroatoms. The minimum absolute atomic E-state index is 0. The maximum atomic E-state index is 13.7. The molecule has 0 bridgehead atoms. The van der Waals surface area contributed by atoms with Gasteiger partial charge in [0.2, 0.25) is 0 Å². The largest absolute Gasteiger partial charge is 0.762 e. The molecule has 0 aliphatic rings. The Labute approximate surface area is 431 Å². The molecular weight excluding hydrogens is 1320 g/mol. The molecule has 0 aromatic carbocycles. The molecule has 458 valence electrons. The van der Waals surface area contributed by atoms with E-state index in [0.29, 0.717) is 0 Å². The molecule has 2 heterocycles. The maximum absolute atomic E-state index is 13.7. The van der Waals surface area contributed by atoms with Gasteiger partial charge in [0.25, 0.3) is 0 Å². The smallest absolute Gasteiger partial charge is 0.460 e. The van der Waals surface area contributed by atoms with Crippen LogP contribution < -0.4 is 11.4 Å². The number of aromatic nitrogens is 4. The van der Waals surface area contributed by atoms with Crippen LogP contribution in [0.1, 0.15) is 25.7 Å². The minimum Gasteiger partial charge on any atom is -0.762 e. The molecule has 0 unspecified atom stereocenters. The van der Waals surface area contributed by atoms with Crippen molar-refractivity contribution in [3.63, 3.8) is 0 Å². The minimum atomic E-state index is -7.30. The molecule has 0 aliphatic heterocycles. The third-order valence-electron chi connectivity index (χ3n) is 9.71. The van der Waals surface area contributed by atoms with Crippen LogP contribution in [0.5, 0.6) is 0 Å². The number of hydrogen-bond acceptors (Lipinski definition) is 6. The van der Waals surface area contributed by atoms with Gasteiger partial charge in [0.1, 0.15) is 0 Å². The summed E-state index contributed by atoms with van der Waals surface area (Å²) in [4.78, 5) is 24.3. The SMILES string of the molecule is O=c1n(CCC(F)(F)C(F)(F)C(F)(F)C(F)(F)F)c([S-])c([S-])n1CCC(F)(F)C(F)(F)C(F)(F)C(F)(F)F.O=c1n(CCC(F)(F)C(F)(F)C(F)(F)C(F)(F)F)c([S-])c([S-])n1CCC(F)(F)C(F)(F)C(F)(F)C(F)(F)F.[Ni]. The zero-order valence-electron chi connectivity index (χ0n) is 34.8. The average molecular weight is 1340 g/mol. The van der Waals surface area contributed by atoms with Gasteiger partial charge in [0.15, 0.2) is 0 Å². The third-order valence-corrected chi connectivity index (χ3v) is 11.6. The molecule has 0 aliphatic carbocycles. The molecule has 2 rings (SSSR count). The summed E-state index contributed by atoms with van der Waals surface area (Å²) in [5, 5.41) is -4.94. The first-order valence-electron chi connectivity index (χ1n) is 18.0. The van der Waals surface area contributed by atoms with Gasteiger partial charge in [0.05, 0.1) is 0 Å². The van der Waals surface area contributed by atoms with Crippen LogP contribution in [0.25, 0.3) is 0 Å². The summed E-state index contributed by atoms with van der Waals surface area (Å²) in [6.07, 6.45) is -39.5. The van der Waals surface area contributed by atoms with Crippen LogP contribution >= 0.6 is 0 Å². The standard InChI is InChI=1S/2C15H10F18N2OS2.Ni/c2*16-8(17,10(20,21)12(24,25)14(28,29)30)1-3-34-5(37)6(38)35(7(34)36)4-2-9(18,19)11(22,23)13(26,27)15(31,32)33;/h2*37-38H,1-4H2;/p-4. The van der Waals surface area contributed by atoms with E-state index in [9.17, 15) is 168 Å². The van der Waals surface area contributed by atoms with Gasteiger partial charge in [-0.05, 0) is 0 Å². The fourth-order valence-electron chi connectivity index (χ4n) is 5.16. The summed E-state index contributed by atoms with van der Waals surface area (Å²) in [5.74, 6) is -82.5. The summed E-state index contributed by atoms with van der Waals surface area (Å²) >= 11 is 17.5. The van der Waals surface area contributed by atoms with Gasteiger partial charge >= 0.3 is 107 Å². The first-order valence-corrected chi connectivity index (χ1v) is 19.6. The van der Waals surface area contributed by atoms with Gasteiger partial charge in [-0.15, -0.1) is 20.1 Å². The van der Waals surface area contributed by atoms with Gasteiger partial charge < -0.3 is 68.8 Å². The van der Waals surface area contributed by atoms with E-state index >= 15 is 0 Å². The molecule has 0 radical (unpaired) electrons. The molecule has 0 spiro atoms. The summed E-state index contributed by atoms with van der Waals surface area (Å²) in [6.45, 7) is -7.76. The second kappa shape index (κ2) is 22.0. The molecule has 0 N–H and O–H groups in total. The predicted octanol–water partition coefficient (Wildman–Crippen LogP) is 12.4. The molecule has 0 saturated carbocycles. The molecule has 2 aromatic heterocycles. The van der Waals surface area contributed by atoms with Crippen molar-refractivity contribution >= 4 is 50.5 Å². The van der Waals surface area contributed by atoms with Crippen molar-refractivity contribution in [2.75, 3.05) is 0 Å². The molecule has 0 fully saturated rings. The first kappa shape index (κ1) is 73.9. The van der Waals surface area contributed by atoms with Crippen LogP contribution in [0.3, 0.4) is 0 Å². The van der Waals surface area contributed by atoms with Gasteiger partial charge in [-0.25, -0.2) is 9.59 Å². The molecular formula is C30H16F36N4NiO2S4-4. The summed E-state index contributed by atoms with van der Waals surface area (Å²) in [7, 11) is 0. The zero-order chi connectivity index (χ0) is 61.4. The average Bonchev–Trinajstić information content (AvgIpc) is 3.54. The molecule has 6 nitrogen and oxygen atoms in total. The van der Waals surface area contributed by atoms with Gasteiger partial charge in [-0.2, -0.15) is 158 Å². The number of nitrogens with zero attached hydrogens (tertiary/aromatic N) is 4. The van der Waals surface area contributed by atoms with Crippen LogP contribution in [0.2, 0.25) is 0 Å². The number of halogens is 36. The van der Waals surface area contributed by atoms with Crippen molar-refractivity contribution in [2.45, 2.75) is 168 Å². The Bertz CT molecular complexity index is 2150. The first-order chi connectivity index (χ1) is 32.8. The maximum Gasteiger partial charge on any atom is 0.460 e. The van der Waals surface area contributed by atoms with E-state index in [2.05, 4.69) is 50.5 Å². The van der Waals surface area contributed by atoms with Crippen molar-refractivity contribution < 1.29 is 175 Å². The third kappa shape index (κ3) is 12.8. The van der Waals surface area contributed by atoms with Crippen LogP contribution in [-0.4, -0.2) is 114 Å². The van der Waals surface area contributed by atoms with Crippen LogP contribution in [0.15, 0.2) is 29.7 Å². The fourth-order valence-corrected chi connectivity index (χ4v) is 6.28. The zero-order valence-corrected chi connectivity index (χ0v) is 39.1. The van der Waals surface area contributed by atoms with Crippen LogP contribution in [0, 0.1) is 0 Å². The van der Waals surface area contributed by atoms with E-state index in [0.717, 1.165) is 0 Å². The summed E-state index contributed by atoms with van der Waals surface area (Å²) < 4.78 is 464. The summed E-state index contributed by atoms with van der Waals surface area (Å²) in [5.41, 5.74) is -4.05. The van der Waals surface area contributed by atoms with Gasteiger partial charge in [-0.3, -0.25) is 0 Å².